The summed E-state index contributed by atoms with van der Waals surface area (Å²) in [7, 11) is 0. The predicted octanol–water partition coefficient (Wildman–Crippen LogP) is 4.00. The predicted molar refractivity (Wildman–Crippen MR) is 88.0 cm³/mol. The molecule has 1 fully saturated rings. The molecule has 0 spiro atoms. The van der Waals surface area contributed by atoms with Gasteiger partial charge in [0, 0.05) is 42.3 Å². The summed E-state index contributed by atoms with van der Waals surface area (Å²) in [5, 5.41) is 3.36. The molecule has 1 saturated heterocycles. The fourth-order valence-electron chi connectivity index (χ4n) is 2.68. The van der Waals surface area contributed by atoms with Crippen LogP contribution < -0.4 is 5.32 Å². The largest absolute Gasteiger partial charge is 0.314 e. The molecule has 0 aromatic heterocycles. The molecule has 20 heavy (non-hydrogen) atoms. The second-order valence-electron chi connectivity index (χ2n) is 5.60. The Morgan fingerprint density at radius 1 is 1.30 bits per heavy atom. The zero-order valence-electron chi connectivity index (χ0n) is 12.0. The first-order valence-electron chi connectivity index (χ1n) is 6.97. The highest BCUT2D eigenvalue weighted by Crippen LogP contribution is 2.31. The minimum Gasteiger partial charge on any atom is -0.314 e. The molecular formula is C15H23BrClFN2. The minimum atomic E-state index is -0.0904. The zero-order valence-corrected chi connectivity index (χ0v) is 14.4. The average Bonchev–Trinajstić information content (AvgIpc) is 2.40. The Morgan fingerprint density at radius 2 is 1.95 bits per heavy atom. The third-order valence-corrected chi connectivity index (χ3v) is 4.10. The Bertz CT molecular complexity index is 422. The Balaban J connectivity index is 0.00000200. The van der Waals surface area contributed by atoms with E-state index in [1.54, 1.807) is 12.1 Å². The molecule has 1 N–H and O–H groups in total. The molecule has 2 nitrogen and oxygen atoms in total. The van der Waals surface area contributed by atoms with Crippen LogP contribution in [0.2, 0.25) is 0 Å². The van der Waals surface area contributed by atoms with Crippen LogP contribution in [0.25, 0.3) is 0 Å². The van der Waals surface area contributed by atoms with E-state index in [0.29, 0.717) is 5.92 Å². The van der Waals surface area contributed by atoms with Crippen molar-refractivity contribution in [1.82, 2.24) is 10.2 Å². The van der Waals surface area contributed by atoms with Gasteiger partial charge in [-0.05, 0) is 30.5 Å². The summed E-state index contributed by atoms with van der Waals surface area (Å²) in [6.45, 7) is 8.36. The number of piperazine rings is 1. The van der Waals surface area contributed by atoms with Crippen LogP contribution in [0.5, 0.6) is 0 Å². The lowest BCUT2D eigenvalue weighted by molar-refractivity contribution is 0.151. The Morgan fingerprint density at radius 3 is 2.55 bits per heavy atom. The van der Waals surface area contributed by atoms with E-state index >= 15 is 0 Å². The topological polar surface area (TPSA) is 15.3 Å². The summed E-state index contributed by atoms with van der Waals surface area (Å²) < 4.78 is 15.1. The van der Waals surface area contributed by atoms with Crippen molar-refractivity contribution in [3.05, 3.63) is 34.1 Å². The molecule has 5 heteroatoms. The highest BCUT2D eigenvalue weighted by atomic mass is 79.9. The van der Waals surface area contributed by atoms with E-state index in [9.17, 15) is 4.39 Å². The zero-order chi connectivity index (χ0) is 13.8. The van der Waals surface area contributed by atoms with Gasteiger partial charge in [-0.3, -0.25) is 4.90 Å². The van der Waals surface area contributed by atoms with E-state index in [1.807, 2.05) is 6.07 Å². The SMILES string of the molecule is CC(C)C[C@@H](c1cc(Br)ccc1F)N1CCNCC1.Cl. The molecule has 0 unspecified atom stereocenters. The summed E-state index contributed by atoms with van der Waals surface area (Å²) in [6.07, 6.45) is 0.993. The number of benzene rings is 1. The quantitative estimate of drug-likeness (QED) is 0.867. The highest BCUT2D eigenvalue weighted by molar-refractivity contribution is 9.10. The number of halogens is 3. The van der Waals surface area contributed by atoms with Crippen LogP contribution in [0.15, 0.2) is 22.7 Å². The maximum Gasteiger partial charge on any atom is 0.128 e. The first kappa shape index (κ1) is 17.9. The van der Waals surface area contributed by atoms with Gasteiger partial charge < -0.3 is 5.32 Å². The molecule has 0 amide bonds. The lowest BCUT2D eigenvalue weighted by Gasteiger charge is -2.36. The van der Waals surface area contributed by atoms with E-state index in [4.69, 9.17) is 0 Å². The number of nitrogens with zero attached hydrogens (tertiary/aromatic N) is 1. The van der Waals surface area contributed by atoms with Crippen molar-refractivity contribution in [3.8, 4) is 0 Å². The van der Waals surface area contributed by atoms with E-state index in [-0.39, 0.29) is 24.3 Å². The van der Waals surface area contributed by atoms with Crippen LogP contribution in [0.4, 0.5) is 4.39 Å². The Hall–Kier alpha value is -0.160. The van der Waals surface area contributed by atoms with E-state index in [1.165, 1.54) is 0 Å². The van der Waals surface area contributed by atoms with E-state index in [2.05, 4.69) is 40.0 Å². The molecule has 0 saturated carbocycles. The van der Waals surface area contributed by atoms with Gasteiger partial charge in [0.15, 0.2) is 0 Å². The van der Waals surface area contributed by atoms with Gasteiger partial charge in [-0.1, -0.05) is 29.8 Å². The fraction of sp³-hybridized carbons (Fsp3) is 0.600. The Labute approximate surface area is 135 Å². The lowest BCUT2D eigenvalue weighted by Crippen LogP contribution is -2.45. The first-order chi connectivity index (χ1) is 9.08. The van der Waals surface area contributed by atoms with Gasteiger partial charge in [-0.15, -0.1) is 12.4 Å². The van der Waals surface area contributed by atoms with E-state index < -0.39 is 0 Å². The van der Waals surface area contributed by atoms with Crippen LogP contribution >= 0.6 is 28.3 Å². The number of nitrogens with one attached hydrogen (secondary N) is 1. The minimum absolute atomic E-state index is 0. The summed E-state index contributed by atoms with van der Waals surface area (Å²) in [5.41, 5.74) is 0.824. The molecule has 1 heterocycles. The molecule has 0 bridgehead atoms. The molecule has 1 aromatic carbocycles. The normalized spacial score (nSPS) is 17.9. The van der Waals surface area contributed by atoms with Gasteiger partial charge in [0.05, 0.1) is 0 Å². The third kappa shape index (κ3) is 4.69. The van der Waals surface area contributed by atoms with Gasteiger partial charge >= 0.3 is 0 Å². The van der Waals surface area contributed by atoms with Crippen molar-refractivity contribution in [2.75, 3.05) is 26.2 Å². The summed E-state index contributed by atoms with van der Waals surface area (Å²) in [4.78, 5) is 2.40. The van der Waals surface area contributed by atoms with Crippen molar-refractivity contribution in [2.24, 2.45) is 5.92 Å². The number of hydrogen-bond acceptors (Lipinski definition) is 2. The summed E-state index contributed by atoms with van der Waals surface area (Å²) >= 11 is 3.46. The molecule has 1 aliphatic rings. The van der Waals surface area contributed by atoms with Crippen LogP contribution in [0, 0.1) is 11.7 Å². The van der Waals surface area contributed by atoms with Crippen LogP contribution in [-0.2, 0) is 0 Å². The maximum atomic E-state index is 14.2. The smallest absolute Gasteiger partial charge is 0.128 e. The van der Waals surface area contributed by atoms with Crippen LogP contribution in [0.3, 0.4) is 0 Å². The van der Waals surface area contributed by atoms with Gasteiger partial charge in [0.25, 0.3) is 0 Å². The van der Waals surface area contributed by atoms with Crippen molar-refractivity contribution in [2.45, 2.75) is 26.3 Å². The monoisotopic (exact) mass is 364 g/mol. The Kier molecular flexibility index (Phi) is 7.45. The van der Waals surface area contributed by atoms with Crippen molar-refractivity contribution in [3.63, 3.8) is 0 Å². The molecule has 0 aliphatic carbocycles. The van der Waals surface area contributed by atoms with Gasteiger partial charge in [0.2, 0.25) is 0 Å². The molecule has 1 aliphatic heterocycles. The van der Waals surface area contributed by atoms with Gasteiger partial charge in [-0.2, -0.15) is 0 Å². The summed E-state index contributed by atoms with van der Waals surface area (Å²) in [5.74, 6) is 0.464. The van der Waals surface area contributed by atoms with Crippen LogP contribution in [-0.4, -0.2) is 31.1 Å². The molecule has 114 valence electrons. The third-order valence-electron chi connectivity index (χ3n) is 3.60. The van der Waals surface area contributed by atoms with E-state index in [0.717, 1.165) is 42.6 Å². The second-order valence-corrected chi connectivity index (χ2v) is 6.51. The average molecular weight is 366 g/mol. The maximum absolute atomic E-state index is 14.2. The molecule has 1 aromatic rings. The fourth-order valence-corrected chi connectivity index (χ4v) is 3.06. The van der Waals surface area contributed by atoms with Crippen molar-refractivity contribution < 1.29 is 4.39 Å². The van der Waals surface area contributed by atoms with Gasteiger partial charge in [-0.25, -0.2) is 4.39 Å². The second kappa shape index (κ2) is 8.32. The number of rotatable bonds is 4. The lowest BCUT2D eigenvalue weighted by atomic mass is 9.94. The standard InChI is InChI=1S/C15H22BrFN2.ClH/c1-11(2)9-15(19-7-5-18-6-8-19)13-10-12(16)3-4-14(13)17;/h3-4,10-11,15,18H,5-9H2,1-2H3;1H/t15-;/m0./s1. The van der Waals surface area contributed by atoms with Crippen molar-refractivity contribution in [1.29, 1.82) is 0 Å². The molecule has 0 radical (unpaired) electrons. The molecular weight excluding hydrogens is 343 g/mol. The molecule has 2 rings (SSSR count). The van der Waals surface area contributed by atoms with Crippen LogP contribution in [0.1, 0.15) is 31.9 Å². The number of hydrogen-bond donors (Lipinski definition) is 1. The first-order valence-corrected chi connectivity index (χ1v) is 7.77. The summed E-state index contributed by atoms with van der Waals surface area (Å²) in [6, 6.07) is 5.45. The van der Waals surface area contributed by atoms with Gasteiger partial charge in [0.1, 0.15) is 5.82 Å². The molecule has 1 atom stereocenters. The van der Waals surface area contributed by atoms with Crippen molar-refractivity contribution >= 4 is 28.3 Å². The highest BCUT2D eigenvalue weighted by Gasteiger charge is 2.25.